The Morgan fingerprint density at radius 3 is 2.60 bits per heavy atom. The zero-order valence-electron chi connectivity index (χ0n) is 11.4. The molecule has 0 saturated heterocycles. The second kappa shape index (κ2) is 5.25. The van der Waals surface area contributed by atoms with Gasteiger partial charge in [0.05, 0.1) is 5.92 Å². The van der Waals surface area contributed by atoms with Crippen LogP contribution in [0.1, 0.15) is 24.0 Å². The molecule has 1 aliphatic carbocycles. The van der Waals surface area contributed by atoms with E-state index in [1.165, 1.54) is 0 Å². The third kappa shape index (κ3) is 2.82. The molecule has 2 rings (SSSR count). The van der Waals surface area contributed by atoms with Gasteiger partial charge in [0.25, 0.3) is 0 Å². The van der Waals surface area contributed by atoms with Crippen LogP contribution in [0, 0.1) is 18.8 Å². The van der Waals surface area contributed by atoms with Crippen LogP contribution in [0.5, 0.6) is 0 Å². The van der Waals surface area contributed by atoms with Crippen LogP contribution in [-0.2, 0) is 16.0 Å². The van der Waals surface area contributed by atoms with Crippen LogP contribution in [0.2, 0.25) is 0 Å². The van der Waals surface area contributed by atoms with Gasteiger partial charge in [0.1, 0.15) is 5.54 Å². The summed E-state index contributed by atoms with van der Waals surface area (Å²) >= 11 is 0. The van der Waals surface area contributed by atoms with E-state index in [1.807, 2.05) is 31.2 Å². The fraction of sp³-hybridized carbons (Fsp3) is 0.467. The summed E-state index contributed by atoms with van der Waals surface area (Å²) in [5.74, 6) is -3.16. The van der Waals surface area contributed by atoms with Gasteiger partial charge in [-0.25, -0.2) is 0 Å². The summed E-state index contributed by atoms with van der Waals surface area (Å²) in [6.45, 7) is 1.97. The molecule has 1 saturated carbocycles. The van der Waals surface area contributed by atoms with E-state index in [0.717, 1.165) is 11.1 Å². The average molecular weight is 277 g/mol. The molecule has 5 nitrogen and oxygen atoms in total. The zero-order chi connectivity index (χ0) is 14.9. The van der Waals surface area contributed by atoms with E-state index in [0.29, 0.717) is 12.8 Å². The molecule has 108 valence electrons. The molecular weight excluding hydrogens is 258 g/mol. The molecule has 1 fully saturated rings. The summed E-state index contributed by atoms with van der Waals surface area (Å²) in [5, 5.41) is 18.3. The Kier molecular flexibility index (Phi) is 3.81. The lowest BCUT2D eigenvalue weighted by Crippen LogP contribution is -2.51. The lowest BCUT2D eigenvalue weighted by atomic mass is 9.86. The summed E-state index contributed by atoms with van der Waals surface area (Å²) in [5.41, 5.74) is 6.67. The third-order valence-electron chi connectivity index (χ3n) is 4.08. The third-order valence-corrected chi connectivity index (χ3v) is 4.08. The molecule has 0 aliphatic heterocycles. The van der Waals surface area contributed by atoms with Crippen molar-refractivity contribution >= 4 is 11.9 Å². The van der Waals surface area contributed by atoms with Gasteiger partial charge in [0.15, 0.2) is 0 Å². The van der Waals surface area contributed by atoms with Crippen molar-refractivity contribution in [1.29, 1.82) is 0 Å². The van der Waals surface area contributed by atoms with Crippen LogP contribution in [0.25, 0.3) is 0 Å². The van der Waals surface area contributed by atoms with E-state index < -0.39 is 29.3 Å². The van der Waals surface area contributed by atoms with Gasteiger partial charge in [0.2, 0.25) is 0 Å². The van der Waals surface area contributed by atoms with Crippen molar-refractivity contribution < 1.29 is 19.8 Å². The van der Waals surface area contributed by atoms with Gasteiger partial charge in [-0.15, -0.1) is 0 Å². The first kappa shape index (κ1) is 14.5. The number of benzene rings is 1. The monoisotopic (exact) mass is 277 g/mol. The highest BCUT2D eigenvalue weighted by Crippen LogP contribution is 2.47. The highest BCUT2D eigenvalue weighted by molar-refractivity contribution is 5.83. The number of hydrogen-bond acceptors (Lipinski definition) is 3. The smallest absolute Gasteiger partial charge is 0.324 e. The van der Waals surface area contributed by atoms with Gasteiger partial charge in [0, 0.05) is 5.92 Å². The summed E-state index contributed by atoms with van der Waals surface area (Å²) in [4.78, 5) is 22.4. The number of nitrogens with two attached hydrogens (primary N) is 1. The average Bonchev–Trinajstić information content (AvgIpc) is 3.16. The minimum absolute atomic E-state index is 0.250. The molecule has 4 N–H and O–H groups in total. The predicted octanol–water partition coefficient (Wildman–Crippen LogP) is 1.43. The van der Waals surface area contributed by atoms with E-state index in [1.54, 1.807) is 0 Å². The summed E-state index contributed by atoms with van der Waals surface area (Å²) in [7, 11) is 0. The molecule has 0 aromatic heterocycles. The Bertz CT molecular complexity index is 542. The molecule has 1 unspecified atom stereocenters. The van der Waals surface area contributed by atoms with E-state index in [-0.39, 0.29) is 6.42 Å². The van der Waals surface area contributed by atoms with Gasteiger partial charge < -0.3 is 15.9 Å². The van der Waals surface area contributed by atoms with E-state index in [2.05, 4.69) is 0 Å². The molecule has 5 heteroatoms. The first-order chi connectivity index (χ1) is 9.34. The molecule has 1 aromatic carbocycles. The van der Waals surface area contributed by atoms with Crippen molar-refractivity contribution in [3.63, 3.8) is 0 Å². The van der Waals surface area contributed by atoms with Crippen molar-refractivity contribution in [2.75, 3.05) is 0 Å². The number of carbonyl (C=O) groups is 2. The maximum absolute atomic E-state index is 11.4. The highest BCUT2D eigenvalue weighted by atomic mass is 16.4. The Morgan fingerprint density at radius 2 is 2.10 bits per heavy atom. The Labute approximate surface area is 117 Å². The van der Waals surface area contributed by atoms with Crippen LogP contribution >= 0.6 is 0 Å². The SMILES string of the molecule is Cc1cccc(CC[C@](N)(C(=O)O)C2C[C@@H]2C(=O)O)c1. The Hall–Kier alpha value is -1.88. The van der Waals surface area contributed by atoms with Gasteiger partial charge in [-0.2, -0.15) is 0 Å². The van der Waals surface area contributed by atoms with Gasteiger partial charge in [-0.3, -0.25) is 9.59 Å². The topological polar surface area (TPSA) is 101 Å². The van der Waals surface area contributed by atoms with Crippen molar-refractivity contribution in [1.82, 2.24) is 0 Å². The van der Waals surface area contributed by atoms with Crippen LogP contribution in [0.4, 0.5) is 0 Å². The van der Waals surface area contributed by atoms with Gasteiger partial charge >= 0.3 is 11.9 Å². The first-order valence-electron chi connectivity index (χ1n) is 6.65. The Morgan fingerprint density at radius 1 is 1.40 bits per heavy atom. The highest BCUT2D eigenvalue weighted by Gasteiger charge is 2.57. The molecule has 3 atom stereocenters. The van der Waals surface area contributed by atoms with Crippen molar-refractivity contribution in [2.24, 2.45) is 17.6 Å². The lowest BCUT2D eigenvalue weighted by molar-refractivity contribution is -0.145. The number of aliphatic carboxylic acids is 2. The normalized spacial score (nSPS) is 23.9. The zero-order valence-corrected chi connectivity index (χ0v) is 11.4. The van der Waals surface area contributed by atoms with Gasteiger partial charge in [-0.1, -0.05) is 29.8 Å². The van der Waals surface area contributed by atoms with Crippen LogP contribution < -0.4 is 5.73 Å². The van der Waals surface area contributed by atoms with E-state index in [9.17, 15) is 14.7 Å². The summed E-state index contributed by atoms with van der Waals surface area (Å²) in [6.07, 6.45) is 1.14. The van der Waals surface area contributed by atoms with E-state index in [4.69, 9.17) is 10.8 Å². The largest absolute Gasteiger partial charge is 0.481 e. The fourth-order valence-electron chi connectivity index (χ4n) is 2.71. The summed E-state index contributed by atoms with van der Waals surface area (Å²) < 4.78 is 0. The predicted molar refractivity (Wildman–Crippen MR) is 73.3 cm³/mol. The maximum Gasteiger partial charge on any atom is 0.324 e. The molecule has 0 amide bonds. The Balaban J connectivity index is 2.07. The van der Waals surface area contributed by atoms with Crippen molar-refractivity contribution in [2.45, 2.75) is 31.7 Å². The minimum atomic E-state index is -1.45. The van der Waals surface area contributed by atoms with E-state index >= 15 is 0 Å². The molecule has 0 radical (unpaired) electrons. The fourth-order valence-corrected chi connectivity index (χ4v) is 2.71. The molecular formula is C15H19NO4. The summed E-state index contributed by atoms with van der Waals surface area (Å²) in [6, 6.07) is 7.80. The molecule has 20 heavy (non-hydrogen) atoms. The van der Waals surface area contributed by atoms with Crippen LogP contribution in [0.15, 0.2) is 24.3 Å². The van der Waals surface area contributed by atoms with Crippen molar-refractivity contribution in [3.05, 3.63) is 35.4 Å². The molecule has 0 heterocycles. The quantitative estimate of drug-likeness (QED) is 0.730. The molecule has 1 aliphatic rings. The standard InChI is InChI=1S/C15H19NO4/c1-9-3-2-4-10(7-9)5-6-15(16,14(19)20)12-8-11(12)13(17)18/h2-4,7,11-12H,5-6,8,16H2,1H3,(H,17,18)(H,19,20)/t11-,12?,15+/m0/s1. The number of carboxylic acid groups (broad SMARTS) is 2. The minimum Gasteiger partial charge on any atom is -0.481 e. The first-order valence-corrected chi connectivity index (χ1v) is 6.65. The molecule has 1 aromatic rings. The number of aryl methyl sites for hydroxylation is 2. The molecule has 0 bridgehead atoms. The second-order valence-electron chi connectivity index (χ2n) is 5.62. The van der Waals surface area contributed by atoms with Crippen LogP contribution in [0.3, 0.4) is 0 Å². The number of rotatable bonds is 6. The molecule has 0 spiro atoms. The number of carboxylic acids is 2. The maximum atomic E-state index is 11.4. The second-order valence-corrected chi connectivity index (χ2v) is 5.62. The van der Waals surface area contributed by atoms with Crippen molar-refractivity contribution in [3.8, 4) is 0 Å². The van der Waals surface area contributed by atoms with Gasteiger partial charge in [-0.05, 0) is 31.7 Å². The van der Waals surface area contributed by atoms with Crippen LogP contribution in [-0.4, -0.2) is 27.7 Å². The number of hydrogen-bond donors (Lipinski definition) is 3. The lowest BCUT2D eigenvalue weighted by Gasteiger charge is -2.25.